The van der Waals surface area contributed by atoms with Crippen LogP contribution in [0.4, 0.5) is 0 Å². The second-order valence-corrected chi connectivity index (χ2v) is 9.66. The highest BCUT2D eigenvalue weighted by molar-refractivity contribution is 5.99. The Morgan fingerprint density at radius 1 is 0.657 bits per heavy atom. The number of hydrogen-bond donors (Lipinski definition) is 0. The van der Waals surface area contributed by atoms with Crippen molar-refractivity contribution in [3.05, 3.63) is 81.9 Å². The van der Waals surface area contributed by atoms with Crippen LogP contribution < -0.4 is 0 Å². The van der Waals surface area contributed by atoms with E-state index < -0.39 is 23.8 Å². The number of Topliss-reactive ketones (excluding diaryl/α,β-unsaturated/α-hetero) is 2. The molecule has 1 fully saturated rings. The number of benzene rings is 2. The van der Waals surface area contributed by atoms with E-state index in [9.17, 15) is 19.2 Å². The van der Waals surface area contributed by atoms with Crippen LogP contribution in [0.25, 0.3) is 0 Å². The number of allylic oxidation sites excluding steroid dienone is 2. The molecule has 2 aromatic rings. The van der Waals surface area contributed by atoms with Crippen LogP contribution in [-0.2, 0) is 19.1 Å². The zero-order valence-electron chi connectivity index (χ0n) is 20.5. The van der Waals surface area contributed by atoms with Gasteiger partial charge >= 0.3 is 11.9 Å². The fourth-order valence-electron chi connectivity index (χ4n) is 4.93. The molecular formula is C29H30O6. The summed E-state index contributed by atoms with van der Waals surface area (Å²) in [5.41, 5.74) is 5.08. The number of ether oxygens (including phenoxy) is 2. The molecule has 2 bridgehead atoms. The van der Waals surface area contributed by atoms with Crippen molar-refractivity contribution in [2.75, 3.05) is 13.2 Å². The maximum Gasteiger partial charge on any atom is 0.310 e. The second kappa shape index (κ2) is 9.98. The molecule has 0 aromatic heterocycles. The van der Waals surface area contributed by atoms with Gasteiger partial charge in [-0.3, -0.25) is 19.2 Å². The summed E-state index contributed by atoms with van der Waals surface area (Å²) in [6, 6.07) is 10.7. The molecule has 0 amide bonds. The molecule has 35 heavy (non-hydrogen) atoms. The van der Waals surface area contributed by atoms with Crippen LogP contribution in [0.5, 0.6) is 0 Å². The lowest BCUT2D eigenvalue weighted by atomic mass is 9.83. The molecule has 0 spiro atoms. The van der Waals surface area contributed by atoms with E-state index in [0.717, 1.165) is 22.3 Å². The van der Waals surface area contributed by atoms with Gasteiger partial charge < -0.3 is 9.47 Å². The van der Waals surface area contributed by atoms with Gasteiger partial charge in [-0.25, -0.2) is 0 Å². The summed E-state index contributed by atoms with van der Waals surface area (Å²) >= 11 is 0. The summed E-state index contributed by atoms with van der Waals surface area (Å²) < 4.78 is 10.7. The molecular weight excluding hydrogens is 444 g/mol. The summed E-state index contributed by atoms with van der Waals surface area (Å²) in [7, 11) is 0. The topological polar surface area (TPSA) is 86.7 Å². The molecule has 4 rings (SSSR count). The van der Waals surface area contributed by atoms with Crippen LogP contribution in [0.3, 0.4) is 0 Å². The van der Waals surface area contributed by atoms with E-state index in [1.807, 2.05) is 52.0 Å². The molecule has 182 valence electrons. The van der Waals surface area contributed by atoms with Crippen LogP contribution in [-0.4, -0.2) is 36.7 Å². The van der Waals surface area contributed by atoms with Gasteiger partial charge in [-0.1, -0.05) is 36.4 Å². The van der Waals surface area contributed by atoms with Crippen LogP contribution in [0.15, 0.2) is 48.6 Å². The molecule has 1 saturated carbocycles. The number of ketones is 2. The minimum absolute atomic E-state index is 0.141. The maximum absolute atomic E-state index is 13.0. The Hall–Kier alpha value is -3.54. The van der Waals surface area contributed by atoms with Crippen molar-refractivity contribution < 1.29 is 28.7 Å². The zero-order chi connectivity index (χ0) is 25.3. The molecule has 0 N–H and O–H groups in total. The standard InChI is InChI=1S/C29H30O6/c1-16-5-7-20(11-18(16)3)24(30)14-34-28(32)26-22-9-10-23(13-22)27(26)29(33)35-15-25(31)21-8-6-17(2)19(4)12-21/h5-12,22-23,26-27H,13-15H2,1-4H3/t22-,23+,26-,27-/m0/s1. The third kappa shape index (κ3) is 5.11. The van der Waals surface area contributed by atoms with Crippen molar-refractivity contribution in [2.24, 2.45) is 23.7 Å². The van der Waals surface area contributed by atoms with Gasteiger partial charge in [-0.15, -0.1) is 0 Å². The Bertz CT molecular complexity index is 1130. The largest absolute Gasteiger partial charge is 0.457 e. The molecule has 0 saturated heterocycles. The van der Waals surface area contributed by atoms with Crippen LogP contribution >= 0.6 is 0 Å². The normalized spacial score (nSPS) is 22.2. The van der Waals surface area contributed by atoms with Gasteiger partial charge in [0.1, 0.15) is 0 Å². The van der Waals surface area contributed by atoms with Crippen LogP contribution in [0.1, 0.15) is 49.4 Å². The van der Waals surface area contributed by atoms with Crippen molar-refractivity contribution in [2.45, 2.75) is 34.1 Å². The first kappa shape index (κ1) is 24.6. The Morgan fingerprint density at radius 3 is 1.43 bits per heavy atom. The first-order chi connectivity index (χ1) is 16.7. The molecule has 0 heterocycles. The average molecular weight is 475 g/mol. The number of aryl methyl sites for hydroxylation is 4. The molecule has 2 aliphatic carbocycles. The molecule has 2 aliphatic rings. The first-order valence-corrected chi connectivity index (χ1v) is 11.9. The van der Waals surface area contributed by atoms with Gasteiger partial charge in [0, 0.05) is 11.1 Å². The lowest BCUT2D eigenvalue weighted by Crippen LogP contribution is -2.36. The Balaban J connectivity index is 1.37. The lowest BCUT2D eigenvalue weighted by molar-refractivity contribution is -0.160. The van der Waals surface area contributed by atoms with E-state index in [0.29, 0.717) is 17.5 Å². The van der Waals surface area contributed by atoms with Gasteiger partial charge in [-0.05, 0) is 80.3 Å². The highest BCUT2D eigenvalue weighted by Gasteiger charge is 2.53. The molecule has 6 heteroatoms. The summed E-state index contributed by atoms with van der Waals surface area (Å²) in [6.45, 7) is 6.99. The van der Waals surface area contributed by atoms with Gasteiger partial charge in [0.2, 0.25) is 0 Å². The van der Waals surface area contributed by atoms with E-state index in [1.165, 1.54) is 0 Å². The number of fused-ring (bicyclic) bond motifs is 2. The monoisotopic (exact) mass is 474 g/mol. The van der Waals surface area contributed by atoms with E-state index in [2.05, 4.69) is 0 Å². The predicted molar refractivity (Wildman–Crippen MR) is 130 cm³/mol. The predicted octanol–water partition coefficient (Wildman–Crippen LogP) is 4.51. The van der Waals surface area contributed by atoms with Crippen molar-refractivity contribution in [3.63, 3.8) is 0 Å². The maximum atomic E-state index is 13.0. The number of rotatable bonds is 8. The van der Waals surface area contributed by atoms with E-state index in [1.54, 1.807) is 24.3 Å². The van der Waals surface area contributed by atoms with Crippen molar-refractivity contribution in [1.82, 2.24) is 0 Å². The summed E-state index contributed by atoms with van der Waals surface area (Å²) in [4.78, 5) is 51.0. The number of esters is 2. The van der Waals surface area contributed by atoms with Crippen LogP contribution in [0, 0.1) is 51.4 Å². The zero-order valence-corrected chi connectivity index (χ0v) is 20.5. The number of carbonyl (C=O) groups is 4. The van der Waals surface area contributed by atoms with Gasteiger partial charge in [0.05, 0.1) is 11.8 Å². The number of carbonyl (C=O) groups excluding carboxylic acids is 4. The fourth-order valence-corrected chi connectivity index (χ4v) is 4.93. The Morgan fingerprint density at radius 2 is 1.06 bits per heavy atom. The lowest BCUT2D eigenvalue weighted by Gasteiger charge is -2.24. The number of hydrogen-bond acceptors (Lipinski definition) is 6. The Kier molecular flexibility index (Phi) is 7.01. The third-order valence-electron chi connectivity index (χ3n) is 7.35. The smallest absolute Gasteiger partial charge is 0.310 e. The minimum Gasteiger partial charge on any atom is -0.457 e. The summed E-state index contributed by atoms with van der Waals surface area (Å²) in [5, 5.41) is 0. The highest BCUT2D eigenvalue weighted by Crippen LogP contribution is 2.49. The van der Waals surface area contributed by atoms with Crippen molar-refractivity contribution in [3.8, 4) is 0 Å². The minimum atomic E-state index is -0.721. The molecule has 0 aliphatic heterocycles. The molecule has 0 radical (unpaired) electrons. The highest BCUT2D eigenvalue weighted by atomic mass is 16.5. The average Bonchev–Trinajstić information content (AvgIpc) is 3.46. The molecule has 4 atom stereocenters. The first-order valence-electron chi connectivity index (χ1n) is 11.9. The summed E-state index contributed by atoms with van der Waals surface area (Å²) in [5.74, 6) is -3.47. The Labute approximate surface area is 205 Å². The molecule has 6 nitrogen and oxygen atoms in total. The summed E-state index contributed by atoms with van der Waals surface area (Å²) in [6.07, 6.45) is 4.49. The van der Waals surface area contributed by atoms with Gasteiger partial charge in [0.15, 0.2) is 24.8 Å². The van der Waals surface area contributed by atoms with Crippen molar-refractivity contribution >= 4 is 23.5 Å². The quantitative estimate of drug-likeness (QED) is 0.318. The third-order valence-corrected chi connectivity index (χ3v) is 7.35. The fraction of sp³-hybridized carbons (Fsp3) is 0.379. The molecule has 0 unspecified atom stereocenters. The van der Waals surface area contributed by atoms with Crippen molar-refractivity contribution in [1.29, 1.82) is 0 Å². The van der Waals surface area contributed by atoms with Gasteiger partial charge in [0.25, 0.3) is 0 Å². The van der Waals surface area contributed by atoms with E-state index in [4.69, 9.17) is 9.47 Å². The van der Waals surface area contributed by atoms with E-state index >= 15 is 0 Å². The van der Waals surface area contributed by atoms with Crippen LogP contribution in [0.2, 0.25) is 0 Å². The van der Waals surface area contributed by atoms with E-state index in [-0.39, 0.29) is 36.6 Å². The SMILES string of the molecule is Cc1ccc(C(=O)COC(=O)[C@@H]2[C@@H](C(=O)OCC(=O)c3ccc(C)c(C)c3)[C@H]3C=C[C@@H]2C3)cc1C. The van der Waals surface area contributed by atoms with Gasteiger partial charge in [-0.2, -0.15) is 0 Å². The molecule has 2 aromatic carbocycles. The second-order valence-electron chi connectivity index (χ2n) is 9.66.